The summed E-state index contributed by atoms with van der Waals surface area (Å²) in [6, 6.07) is 5.37. The van der Waals surface area contributed by atoms with Crippen molar-refractivity contribution in [1.29, 1.82) is 0 Å². The van der Waals surface area contributed by atoms with Crippen molar-refractivity contribution in [3.05, 3.63) is 63.0 Å². The number of rotatable bonds is 4. The number of fused-ring (bicyclic) bond motifs is 1. The topological polar surface area (TPSA) is 67.5 Å². The molecular weight excluding hydrogens is 385 g/mol. The van der Waals surface area contributed by atoms with Gasteiger partial charge in [-0.05, 0) is 31.4 Å². The van der Waals surface area contributed by atoms with E-state index in [-0.39, 0.29) is 46.2 Å². The predicted octanol–water partition coefficient (Wildman–Crippen LogP) is 5.65. The molecule has 0 atom stereocenters. The number of alkyl halides is 3. The number of carbonyl (C=O) groups is 1. The average Bonchev–Trinajstić information content (AvgIpc) is 2.68. The first kappa shape index (κ1) is 20.9. The van der Waals surface area contributed by atoms with Gasteiger partial charge >= 0.3 is 6.18 Å². The molecule has 1 N–H and O–H groups in total. The lowest BCUT2D eigenvalue weighted by molar-refractivity contribution is -0.137. The Kier molecular flexibility index (Phi) is 5.19. The summed E-state index contributed by atoms with van der Waals surface area (Å²) in [5.74, 6) is -0.542. The number of aliphatic hydroxyl groups excluding tert-OH is 1. The second-order valence-electron chi connectivity index (χ2n) is 7.05. The number of benzene rings is 1. The fraction of sp³-hybridized carbons (Fsp3) is 0.364. The van der Waals surface area contributed by atoms with E-state index in [1.54, 1.807) is 20.8 Å². The normalized spacial score (nSPS) is 16.1. The standard InChI is InChI=1S/C22H21F3O4/c1-4-14-18(27)17-15(26)11-16(12-7-9-13(10-8-12)22(23,24)25)29-20(17)21(5-2,6-3)19(14)28/h7-11,27H,4-6H2,1-3H3. The summed E-state index contributed by atoms with van der Waals surface area (Å²) < 4.78 is 44.4. The van der Waals surface area contributed by atoms with Gasteiger partial charge in [0.2, 0.25) is 0 Å². The molecule has 0 saturated carbocycles. The zero-order chi connectivity index (χ0) is 21.6. The van der Waals surface area contributed by atoms with Gasteiger partial charge in [-0.3, -0.25) is 9.59 Å². The van der Waals surface area contributed by atoms with E-state index in [0.717, 1.165) is 18.2 Å². The molecule has 0 spiro atoms. The number of carbonyl (C=O) groups excluding carboxylic acids is 1. The summed E-state index contributed by atoms with van der Waals surface area (Å²) in [7, 11) is 0. The summed E-state index contributed by atoms with van der Waals surface area (Å²) in [6.07, 6.45) is -3.50. The van der Waals surface area contributed by atoms with Crippen LogP contribution in [-0.2, 0) is 16.4 Å². The van der Waals surface area contributed by atoms with Crippen molar-refractivity contribution in [2.75, 3.05) is 0 Å². The van der Waals surface area contributed by atoms with Gasteiger partial charge in [0.15, 0.2) is 11.2 Å². The maximum Gasteiger partial charge on any atom is 0.416 e. The van der Waals surface area contributed by atoms with Crippen molar-refractivity contribution in [3.8, 4) is 11.3 Å². The molecule has 0 fully saturated rings. The molecule has 2 aromatic rings. The van der Waals surface area contributed by atoms with Gasteiger partial charge in [0.05, 0.1) is 11.0 Å². The second-order valence-corrected chi connectivity index (χ2v) is 7.05. The third-order valence-electron chi connectivity index (χ3n) is 5.67. The molecule has 0 saturated heterocycles. The van der Waals surface area contributed by atoms with Gasteiger partial charge in [-0.15, -0.1) is 0 Å². The fourth-order valence-electron chi connectivity index (χ4n) is 3.89. The van der Waals surface area contributed by atoms with Crippen LogP contribution in [0.5, 0.6) is 0 Å². The summed E-state index contributed by atoms with van der Waals surface area (Å²) in [6.45, 7) is 5.32. The van der Waals surface area contributed by atoms with Crippen LogP contribution in [0.3, 0.4) is 0 Å². The van der Waals surface area contributed by atoms with E-state index in [4.69, 9.17) is 4.42 Å². The molecule has 3 rings (SSSR count). The van der Waals surface area contributed by atoms with Gasteiger partial charge in [-0.2, -0.15) is 13.2 Å². The number of allylic oxidation sites excluding steroid dienone is 1. The average molecular weight is 406 g/mol. The lowest BCUT2D eigenvalue weighted by Gasteiger charge is -2.35. The zero-order valence-electron chi connectivity index (χ0n) is 16.3. The second kappa shape index (κ2) is 7.21. The highest BCUT2D eigenvalue weighted by Crippen LogP contribution is 2.44. The molecule has 0 radical (unpaired) electrons. The lowest BCUT2D eigenvalue weighted by atomic mass is 9.68. The fourth-order valence-corrected chi connectivity index (χ4v) is 3.89. The molecule has 0 aliphatic heterocycles. The van der Waals surface area contributed by atoms with Crippen molar-refractivity contribution >= 4 is 11.5 Å². The van der Waals surface area contributed by atoms with Crippen LogP contribution >= 0.6 is 0 Å². The van der Waals surface area contributed by atoms with Crippen LogP contribution in [0.25, 0.3) is 17.1 Å². The number of Topliss-reactive ketones (excluding diaryl/α,β-unsaturated/α-hetero) is 1. The van der Waals surface area contributed by atoms with Crippen molar-refractivity contribution < 1.29 is 27.5 Å². The molecule has 154 valence electrons. The zero-order valence-corrected chi connectivity index (χ0v) is 16.3. The van der Waals surface area contributed by atoms with E-state index in [2.05, 4.69) is 0 Å². The number of hydrogen-bond donors (Lipinski definition) is 1. The Balaban J connectivity index is 2.26. The number of hydrogen-bond acceptors (Lipinski definition) is 4. The molecule has 0 amide bonds. The molecule has 0 bridgehead atoms. The van der Waals surface area contributed by atoms with Crippen LogP contribution in [0.1, 0.15) is 56.9 Å². The molecule has 29 heavy (non-hydrogen) atoms. The summed E-state index contributed by atoms with van der Waals surface area (Å²) >= 11 is 0. The minimum atomic E-state index is -4.48. The van der Waals surface area contributed by atoms with Gasteiger partial charge in [-0.25, -0.2) is 0 Å². The summed E-state index contributed by atoms with van der Waals surface area (Å²) in [4.78, 5) is 26.0. The largest absolute Gasteiger partial charge is 0.507 e. The van der Waals surface area contributed by atoms with Gasteiger partial charge in [0.1, 0.15) is 22.8 Å². The maximum atomic E-state index is 13.1. The highest BCUT2D eigenvalue weighted by atomic mass is 19.4. The number of aliphatic hydroxyl groups is 1. The molecule has 7 heteroatoms. The third-order valence-corrected chi connectivity index (χ3v) is 5.67. The molecule has 1 aliphatic rings. The Morgan fingerprint density at radius 2 is 1.62 bits per heavy atom. The predicted molar refractivity (Wildman–Crippen MR) is 103 cm³/mol. The smallest absolute Gasteiger partial charge is 0.416 e. The first-order chi connectivity index (χ1) is 13.6. The summed E-state index contributed by atoms with van der Waals surface area (Å²) in [5.41, 5.74) is -2.04. The van der Waals surface area contributed by atoms with Crippen molar-refractivity contribution in [2.24, 2.45) is 0 Å². The first-order valence-corrected chi connectivity index (χ1v) is 9.44. The minimum Gasteiger partial charge on any atom is -0.507 e. The molecular formula is C22H21F3O4. The van der Waals surface area contributed by atoms with E-state index in [0.29, 0.717) is 12.8 Å². The van der Waals surface area contributed by atoms with Crippen LogP contribution in [0.15, 0.2) is 45.1 Å². The molecule has 1 aromatic carbocycles. The Morgan fingerprint density at radius 3 is 2.10 bits per heavy atom. The Hall–Kier alpha value is -2.83. The van der Waals surface area contributed by atoms with E-state index >= 15 is 0 Å². The molecule has 0 unspecified atom stereocenters. The van der Waals surface area contributed by atoms with E-state index in [1.165, 1.54) is 12.1 Å². The van der Waals surface area contributed by atoms with Gasteiger partial charge in [-0.1, -0.05) is 32.9 Å². The van der Waals surface area contributed by atoms with Crippen LogP contribution in [0.2, 0.25) is 0 Å². The monoisotopic (exact) mass is 406 g/mol. The van der Waals surface area contributed by atoms with Gasteiger partial charge < -0.3 is 9.52 Å². The van der Waals surface area contributed by atoms with Gasteiger partial charge in [0, 0.05) is 17.2 Å². The lowest BCUT2D eigenvalue weighted by Crippen LogP contribution is -2.41. The SMILES string of the molecule is CCC1=C(O)c2c(oc(-c3ccc(C(F)(F)F)cc3)cc2=O)C(CC)(CC)C1=O. The molecule has 1 heterocycles. The highest BCUT2D eigenvalue weighted by molar-refractivity contribution is 6.10. The molecule has 1 aromatic heterocycles. The Bertz CT molecular complexity index is 1040. The van der Waals surface area contributed by atoms with Crippen LogP contribution < -0.4 is 5.43 Å². The molecule has 4 nitrogen and oxygen atoms in total. The number of halogens is 3. The maximum absolute atomic E-state index is 13.1. The minimum absolute atomic E-state index is 0.0409. The molecule has 1 aliphatic carbocycles. The first-order valence-electron chi connectivity index (χ1n) is 9.44. The van der Waals surface area contributed by atoms with E-state index < -0.39 is 22.6 Å². The Morgan fingerprint density at radius 1 is 1.03 bits per heavy atom. The van der Waals surface area contributed by atoms with Crippen LogP contribution in [-0.4, -0.2) is 10.9 Å². The van der Waals surface area contributed by atoms with Crippen molar-refractivity contribution in [1.82, 2.24) is 0 Å². The van der Waals surface area contributed by atoms with E-state index in [9.17, 15) is 27.9 Å². The quantitative estimate of drug-likeness (QED) is 0.713. The van der Waals surface area contributed by atoms with E-state index in [1.807, 2.05) is 0 Å². The third kappa shape index (κ3) is 3.18. The Labute approximate surface area is 165 Å². The van der Waals surface area contributed by atoms with Gasteiger partial charge in [0.25, 0.3) is 0 Å². The highest BCUT2D eigenvalue weighted by Gasteiger charge is 2.48. The van der Waals surface area contributed by atoms with Crippen molar-refractivity contribution in [2.45, 2.75) is 51.6 Å². The van der Waals surface area contributed by atoms with Crippen LogP contribution in [0.4, 0.5) is 13.2 Å². The van der Waals surface area contributed by atoms with Crippen LogP contribution in [0, 0.1) is 0 Å². The summed E-state index contributed by atoms with van der Waals surface area (Å²) in [5, 5.41) is 10.6. The number of ketones is 1. The van der Waals surface area contributed by atoms with Crippen molar-refractivity contribution in [3.63, 3.8) is 0 Å².